The van der Waals surface area contributed by atoms with Crippen LogP contribution in [-0.4, -0.2) is 49.1 Å². The molecule has 1 aliphatic rings. The lowest BCUT2D eigenvalue weighted by molar-refractivity contribution is -0.917. The van der Waals surface area contributed by atoms with E-state index in [1.165, 1.54) is 21.8 Å². The third kappa shape index (κ3) is 4.21. The van der Waals surface area contributed by atoms with E-state index in [0.717, 1.165) is 49.0 Å². The number of quaternary nitrogens is 1. The number of ether oxygens (including phenoxy) is 1. The van der Waals surface area contributed by atoms with E-state index in [1.807, 2.05) is 33.9 Å². The first kappa shape index (κ1) is 18.2. The molecule has 1 fully saturated rings. The Balaban J connectivity index is 1.32. The molecule has 0 unspecified atom stereocenters. The normalized spacial score (nSPS) is 15.1. The average Bonchev–Trinajstić information content (AvgIpc) is 3.40. The van der Waals surface area contributed by atoms with Crippen LogP contribution >= 0.6 is 22.7 Å². The molecule has 0 atom stereocenters. The second kappa shape index (κ2) is 8.21. The molecule has 2 aromatic heterocycles. The predicted octanol–water partition coefficient (Wildman–Crippen LogP) is 2.42. The number of methoxy groups -OCH3 is 1. The Morgan fingerprint density at radius 3 is 2.63 bits per heavy atom. The van der Waals surface area contributed by atoms with Gasteiger partial charge in [-0.05, 0) is 35.7 Å². The average molecular weight is 401 g/mol. The summed E-state index contributed by atoms with van der Waals surface area (Å²) in [5.74, 6) is 0.936. The maximum Gasteiger partial charge on any atom is 0.273 e. The van der Waals surface area contributed by atoms with Crippen molar-refractivity contribution in [3.8, 4) is 16.3 Å². The summed E-state index contributed by atoms with van der Waals surface area (Å²) in [6.45, 7) is 4.44. The lowest BCUT2D eigenvalue weighted by Gasteiger charge is -2.32. The van der Waals surface area contributed by atoms with E-state index < -0.39 is 0 Å². The van der Waals surface area contributed by atoms with Gasteiger partial charge in [-0.1, -0.05) is 0 Å². The number of aromatic nitrogens is 1. The first-order chi connectivity index (χ1) is 13.2. The highest BCUT2D eigenvalue weighted by Crippen LogP contribution is 2.26. The summed E-state index contributed by atoms with van der Waals surface area (Å²) in [7, 11) is 1.68. The molecule has 1 saturated heterocycles. The van der Waals surface area contributed by atoms with E-state index in [-0.39, 0.29) is 5.91 Å². The molecule has 1 amide bonds. The van der Waals surface area contributed by atoms with Crippen molar-refractivity contribution < 1.29 is 14.4 Å². The van der Waals surface area contributed by atoms with E-state index in [0.29, 0.717) is 5.69 Å². The molecule has 0 radical (unpaired) electrons. The van der Waals surface area contributed by atoms with Gasteiger partial charge in [0.05, 0.1) is 33.3 Å². The number of carbonyl (C=O) groups is 1. The summed E-state index contributed by atoms with van der Waals surface area (Å²) in [5.41, 5.74) is 2.96. The number of hydrogen-bond acceptors (Lipinski definition) is 5. The largest absolute Gasteiger partial charge is 0.497 e. The van der Waals surface area contributed by atoms with Crippen LogP contribution in [0.3, 0.4) is 0 Å². The lowest BCUT2D eigenvalue weighted by atomic mass is 10.2. The summed E-state index contributed by atoms with van der Waals surface area (Å²) in [6, 6.07) is 10.3. The molecule has 0 bridgehead atoms. The zero-order valence-corrected chi connectivity index (χ0v) is 16.8. The fourth-order valence-corrected chi connectivity index (χ4v) is 4.79. The van der Waals surface area contributed by atoms with E-state index in [1.54, 1.807) is 18.4 Å². The Bertz CT molecular complexity index is 882. The Kier molecular flexibility index (Phi) is 5.52. The summed E-state index contributed by atoms with van der Waals surface area (Å²) >= 11 is 3.18. The fourth-order valence-electron chi connectivity index (χ4n) is 3.29. The number of nitrogens with zero attached hydrogens (tertiary/aromatic N) is 2. The number of amides is 1. The van der Waals surface area contributed by atoms with Crippen LogP contribution in [0, 0.1) is 0 Å². The van der Waals surface area contributed by atoms with Gasteiger partial charge in [0.15, 0.2) is 0 Å². The standard InChI is InChI=1S/C20H21N3O2S2/c1-25-17-4-2-15(3-5-17)12-22-7-9-23(10-8-22)20(24)18-14-27-19(21-18)16-6-11-26-13-16/h2-6,11,13-14H,7-10,12H2,1H3/p+1. The highest BCUT2D eigenvalue weighted by Gasteiger charge is 2.26. The molecule has 7 heteroatoms. The van der Waals surface area contributed by atoms with Crippen molar-refractivity contribution in [1.82, 2.24) is 9.88 Å². The van der Waals surface area contributed by atoms with Crippen LogP contribution in [0.25, 0.3) is 10.6 Å². The monoisotopic (exact) mass is 400 g/mol. The van der Waals surface area contributed by atoms with Crippen LogP contribution in [0.2, 0.25) is 0 Å². The number of thiophene rings is 1. The molecule has 4 rings (SSSR count). The fraction of sp³-hybridized carbons (Fsp3) is 0.300. The molecule has 3 aromatic rings. The highest BCUT2D eigenvalue weighted by atomic mass is 32.1. The molecule has 27 heavy (non-hydrogen) atoms. The Hall–Kier alpha value is -2.22. The van der Waals surface area contributed by atoms with E-state index >= 15 is 0 Å². The number of rotatable bonds is 5. The second-order valence-electron chi connectivity index (χ2n) is 6.62. The molecule has 0 spiro atoms. The predicted molar refractivity (Wildman–Crippen MR) is 109 cm³/mol. The number of benzene rings is 1. The van der Waals surface area contributed by atoms with Crippen LogP contribution in [0.5, 0.6) is 5.75 Å². The van der Waals surface area contributed by atoms with Gasteiger partial charge < -0.3 is 14.5 Å². The van der Waals surface area contributed by atoms with Crippen molar-refractivity contribution in [1.29, 1.82) is 0 Å². The van der Waals surface area contributed by atoms with Gasteiger partial charge in [-0.3, -0.25) is 4.79 Å². The van der Waals surface area contributed by atoms with E-state index in [4.69, 9.17) is 4.74 Å². The minimum atomic E-state index is 0.0521. The molecule has 0 saturated carbocycles. The SMILES string of the molecule is COc1ccc(C[NH+]2CCN(C(=O)c3csc(-c4ccsc4)n3)CC2)cc1. The van der Waals surface area contributed by atoms with Gasteiger partial charge >= 0.3 is 0 Å². The van der Waals surface area contributed by atoms with Crippen LogP contribution in [0.1, 0.15) is 16.1 Å². The van der Waals surface area contributed by atoms with Gasteiger partial charge in [-0.15, -0.1) is 11.3 Å². The Labute approximate surface area is 166 Å². The molecular weight excluding hydrogens is 378 g/mol. The van der Waals surface area contributed by atoms with E-state index in [9.17, 15) is 4.79 Å². The van der Waals surface area contributed by atoms with Crippen LogP contribution in [0.15, 0.2) is 46.5 Å². The van der Waals surface area contributed by atoms with Crippen molar-refractivity contribution in [2.45, 2.75) is 6.54 Å². The molecule has 1 aliphatic heterocycles. The van der Waals surface area contributed by atoms with Crippen molar-refractivity contribution in [3.63, 3.8) is 0 Å². The third-order valence-electron chi connectivity index (χ3n) is 4.86. The first-order valence-corrected chi connectivity index (χ1v) is 10.8. The number of hydrogen-bond donors (Lipinski definition) is 1. The van der Waals surface area contributed by atoms with Gasteiger partial charge in [-0.2, -0.15) is 11.3 Å². The van der Waals surface area contributed by atoms with Crippen molar-refractivity contribution in [2.24, 2.45) is 0 Å². The number of nitrogens with one attached hydrogen (secondary N) is 1. The summed E-state index contributed by atoms with van der Waals surface area (Å²) in [4.78, 5) is 20.7. The minimum absolute atomic E-state index is 0.0521. The van der Waals surface area contributed by atoms with Crippen molar-refractivity contribution in [2.75, 3.05) is 33.3 Å². The van der Waals surface area contributed by atoms with Gasteiger partial charge in [0.2, 0.25) is 0 Å². The van der Waals surface area contributed by atoms with Crippen molar-refractivity contribution in [3.05, 3.63) is 57.7 Å². The van der Waals surface area contributed by atoms with Crippen LogP contribution < -0.4 is 9.64 Å². The van der Waals surface area contributed by atoms with Gasteiger partial charge in [0.1, 0.15) is 23.0 Å². The second-order valence-corrected chi connectivity index (χ2v) is 8.26. The number of piperazine rings is 1. The smallest absolute Gasteiger partial charge is 0.273 e. The maximum absolute atomic E-state index is 12.8. The topological polar surface area (TPSA) is 46.9 Å². The lowest BCUT2D eigenvalue weighted by Crippen LogP contribution is -3.13. The van der Waals surface area contributed by atoms with Gasteiger partial charge in [-0.25, -0.2) is 4.98 Å². The van der Waals surface area contributed by atoms with Gasteiger partial charge in [0.25, 0.3) is 5.91 Å². The molecule has 3 heterocycles. The first-order valence-electron chi connectivity index (χ1n) is 8.97. The third-order valence-corrected chi connectivity index (χ3v) is 6.44. The molecule has 140 valence electrons. The zero-order chi connectivity index (χ0) is 18.6. The van der Waals surface area contributed by atoms with E-state index in [2.05, 4.69) is 22.5 Å². The summed E-state index contributed by atoms with van der Waals surface area (Å²) < 4.78 is 5.21. The quantitative estimate of drug-likeness (QED) is 0.716. The molecule has 1 aromatic carbocycles. The summed E-state index contributed by atoms with van der Waals surface area (Å²) in [6.07, 6.45) is 0. The minimum Gasteiger partial charge on any atom is -0.497 e. The highest BCUT2D eigenvalue weighted by molar-refractivity contribution is 7.14. The van der Waals surface area contributed by atoms with Crippen LogP contribution in [0.4, 0.5) is 0 Å². The Morgan fingerprint density at radius 2 is 1.96 bits per heavy atom. The van der Waals surface area contributed by atoms with Crippen LogP contribution in [-0.2, 0) is 6.54 Å². The van der Waals surface area contributed by atoms with Gasteiger partial charge in [0, 0.05) is 21.9 Å². The Morgan fingerprint density at radius 1 is 1.19 bits per heavy atom. The van der Waals surface area contributed by atoms with Crippen molar-refractivity contribution >= 4 is 28.6 Å². The number of thiazole rings is 1. The molecule has 0 aliphatic carbocycles. The molecule has 5 nitrogen and oxygen atoms in total. The molecular formula is C20H22N3O2S2+. The molecule has 1 N–H and O–H groups in total. The maximum atomic E-state index is 12.8. The zero-order valence-electron chi connectivity index (χ0n) is 15.2. The summed E-state index contributed by atoms with van der Waals surface area (Å²) in [5, 5.41) is 6.90. The number of carbonyl (C=O) groups excluding carboxylic acids is 1.